The molecule has 0 spiro atoms. The van der Waals surface area contributed by atoms with Crippen molar-refractivity contribution in [1.82, 2.24) is 10.1 Å². The van der Waals surface area contributed by atoms with E-state index in [1.807, 2.05) is 27.7 Å². The van der Waals surface area contributed by atoms with Crippen LogP contribution >= 0.6 is 0 Å². The molecule has 1 rings (SSSR count). The summed E-state index contributed by atoms with van der Waals surface area (Å²) in [6.45, 7) is 8.61. The van der Waals surface area contributed by atoms with Gasteiger partial charge in [-0.3, -0.25) is 0 Å². The van der Waals surface area contributed by atoms with Gasteiger partial charge in [-0.15, -0.1) is 0 Å². The molecular weight excluding hydrogens is 156 g/mol. The van der Waals surface area contributed by atoms with E-state index >= 15 is 0 Å². The van der Waals surface area contributed by atoms with Crippen LogP contribution in [-0.2, 0) is 0 Å². The summed E-state index contributed by atoms with van der Waals surface area (Å²) in [5, 5.41) is 21.8. The van der Waals surface area contributed by atoms with Gasteiger partial charge in [0.25, 0.3) is 0 Å². The lowest BCUT2D eigenvalue weighted by molar-refractivity contribution is -0.298. The molecule has 4 heteroatoms. The van der Waals surface area contributed by atoms with Crippen molar-refractivity contribution in [1.29, 1.82) is 0 Å². The first-order chi connectivity index (χ1) is 5.30. The second kappa shape index (κ2) is 2.67. The summed E-state index contributed by atoms with van der Waals surface area (Å²) < 4.78 is 0. The van der Waals surface area contributed by atoms with Crippen LogP contribution in [0.5, 0.6) is 0 Å². The summed E-state index contributed by atoms with van der Waals surface area (Å²) >= 11 is 0. The van der Waals surface area contributed by atoms with Crippen LogP contribution in [0, 0.1) is 0 Å². The largest absolute Gasteiger partial charge is 0.313 e. The molecule has 0 saturated carbocycles. The Morgan fingerprint density at radius 3 is 1.33 bits per heavy atom. The van der Waals surface area contributed by atoms with E-state index in [-0.39, 0.29) is 0 Å². The molecule has 1 aliphatic heterocycles. The Balaban J connectivity index is 2.92. The Labute approximate surface area is 73.3 Å². The molecule has 12 heavy (non-hydrogen) atoms. The van der Waals surface area contributed by atoms with E-state index in [1.54, 1.807) is 0 Å². The first kappa shape index (κ1) is 9.92. The van der Waals surface area contributed by atoms with Gasteiger partial charge in [0.05, 0.1) is 11.1 Å². The molecule has 1 saturated heterocycles. The highest BCUT2D eigenvalue weighted by Crippen LogP contribution is 2.34. The molecule has 0 unspecified atom stereocenters. The monoisotopic (exact) mass is 174 g/mol. The fraction of sp³-hybridized carbons (Fsp3) is 1.00. The average Bonchev–Trinajstić information content (AvgIpc) is 1.96. The minimum Gasteiger partial charge on any atom is -0.313 e. The predicted octanol–water partition coefficient (Wildman–Crippen LogP) is 0.940. The zero-order chi connectivity index (χ0) is 9.57. The molecule has 0 amide bonds. The lowest BCUT2D eigenvalue weighted by Gasteiger charge is -2.53. The summed E-state index contributed by atoms with van der Waals surface area (Å²) in [6, 6.07) is 0. The Morgan fingerprint density at radius 1 is 0.833 bits per heavy atom. The van der Waals surface area contributed by atoms with Crippen LogP contribution in [0.25, 0.3) is 0 Å². The van der Waals surface area contributed by atoms with Crippen LogP contribution in [0.15, 0.2) is 0 Å². The van der Waals surface area contributed by atoms with Crippen LogP contribution in [0.1, 0.15) is 27.7 Å². The van der Waals surface area contributed by atoms with E-state index in [4.69, 9.17) is 0 Å². The average molecular weight is 174 g/mol. The van der Waals surface area contributed by atoms with Crippen molar-refractivity contribution < 1.29 is 10.4 Å². The maximum Gasteiger partial charge on any atom is 0.0605 e. The van der Waals surface area contributed by atoms with Crippen LogP contribution in [-0.4, -0.2) is 44.7 Å². The summed E-state index contributed by atoms with van der Waals surface area (Å²) in [5.41, 5.74) is -0.861. The van der Waals surface area contributed by atoms with Gasteiger partial charge in [-0.05, 0) is 27.7 Å². The van der Waals surface area contributed by atoms with Crippen molar-refractivity contribution in [3.8, 4) is 0 Å². The molecule has 0 atom stereocenters. The summed E-state index contributed by atoms with van der Waals surface area (Å²) in [4.78, 5) is 0. The van der Waals surface area contributed by atoms with Crippen LogP contribution in [0.2, 0.25) is 0 Å². The van der Waals surface area contributed by atoms with E-state index in [1.165, 1.54) is 10.1 Å². The molecule has 0 aromatic rings. The van der Waals surface area contributed by atoms with Crippen LogP contribution < -0.4 is 0 Å². The number of hydroxylamine groups is 4. The highest BCUT2D eigenvalue weighted by atomic mass is 16.5. The standard InChI is InChI=1S/C8H18N2O2/c1-7(2)8(3,4)10(12)6-5-9(7)11/h11-12H,5-6H2,1-4H3. The van der Waals surface area contributed by atoms with Gasteiger partial charge in [0, 0.05) is 13.1 Å². The topological polar surface area (TPSA) is 46.9 Å². The van der Waals surface area contributed by atoms with Crippen molar-refractivity contribution >= 4 is 0 Å². The van der Waals surface area contributed by atoms with Crippen molar-refractivity contribution in [3.63, 3.8) is 0 Å². The minimum absolute atomic E-state index is 0.431. The number of hydrogen-bond acceptors (Lipinski definition) is 4. The van der Waals surface area contributed by atoms with E-state index < -0.39 is 11.1 Å². The van der Waals surface area contributed by atoms with E-state index in [0.29, 0.717) is 13.1 Å². The highest BCUT2D eigenvalue weighted by molar-refractivity contribution is 5.01. The smallest absolute Gasteiger partial charge is 0.0605 e. The number of rotatable bonds is 0. The van der Waals surface area contributed by atoms with E-state index in [9.17, 15) is 10.4 Å². The van der Waals surface area contributed by atoms with Crippen molar-refractivity contribution in [2.45, 2.75) is 38.8 Å². The van der Waals surface area contributed by atoms with Gasteiger partial charge in [0.1, 0.15) is 0 Å². The van der Waals surface area contributed by atoms with Crippen LogP contribution in [0.3, 0.4) is 0 Å². The lowest BCUT2D eigenvalue weighted by atomic mass is 9.80. The van der Waals surface area contributed by atoms with Gasteiger partial charge in [-0.2, -0.15) is 10.1 Å². The van der Waals surface area contributed by atoms with Crippen molar-refractivity contribution in [3.05, 3.63) is 0 Å². The maximum atomic E-state index is 9.59. The second-order valence-corrected chi connectivity index (χ2v) is 4.36. The predicted molar refractivity (Wildman–Crippen MR) is 45.1 cm³/mol. The van der Waals surface area contributed by atoms with Gasteiger partial charge in [-0.1, -0.05) is 0 Å². The molecule has 1 aliphatic rings. The molecule has 0 radical (unpaired) electrons. The second-order valence-electron chi connectivity index (χ2n) is 4.36. The number of hydrogen-bond donors (Lipinski definition) is 2. The van der Waals surface area contributed by atoms with Gasteiger partial charge < -0.3 is 10.4 Å². The quantitative estimate of drug-likeness (QED) is 0.573. The fourth-order valence-corrected chi connectivity index (χ4v) is 1.38. The van der Waals surface area contributed by atoms with Gasteiger partial charge >= 0.3 is 0 Å². The van der Waals surface area contributed by atoms with Crippen LogP contribution in [0.4, 0.5) is 0 Å². The van der Waals surface area contributed by atoms with Gasteiger partial charge in [0.15, 0.2) is 0 Å². The molecule has 4 nitrogen and oxygen atoms in total. The summed E-state index contributed by atoms with van der Waals surface area (Å²) in [7, 11) is 0. The Morgan fingerprint density at radius 2 is 1.08 bits per heavy atom. The maximum absolute atomic E-state index is 9.59. The molecular formula is C8H18N2O2. The third-order valence-corrected chi connectivity index (χ3v) is 3.31. The zero-order valence-electron chi connectivity index (χ0n) is 8.20. The molecule has 1 fully saturated rings. The minimum atomic E-state index is -0.431. The molecule has 2 N–H and O–H groups in total. The first-order valence-corrected chi connectivity index (χ1v) is 4.23. The molecule has 72 valence electrons. The Bertz CT molecular complexity index is 160. The molecule has 0 aromatic heterocycles. The van der Waals surface area contributed by atoms with Gasteiger partial charge in [-0.25, -0.2) is 0 Å². The molecule has 0 aliphatic carbocycles. The van der Waals surface area contributed by atoms with Gasteiger partial charge in [0.2, 0.25) is 0 Å². The van der Waals surface area contributed by atoms with E-state index in [2.05, 4.69) is 0 Å². The molecule has 0 aromatic carbocycles. The number of piperazine rings is 1. The van der Waals surface area contributed by atoms with Crippen molar-refractivity contribution in [2.75, 3.05) is 13.1 Å². The molecule has 0 bridgehead atoms. The Kier molecular flexibility index (Phi) is 2.21. The molecule has 1 heterocycles. The third kappa shape index (κ3) is 1.15. The number of nitrogens with zero attached hydrogens (tertiary/aromatic N) is 2. The highest BCUT2D eigenvalue weighted by Gasteiger charge is 2.48. The first-order valence-electron chi connectivity index (χ1n) is 4.23. The zero-order valence-corrected chi connectivity index (χ0v) is 8.20. The SMILES string of the molecule is CC1(C)N(O)CCN(O)C1(C)C. The van der Waals surface area contributed by atoms with Crippen molar-refractivity contribution in [2.24, 2.45) is 0 Å². The third-order valence-electron chi connectivity index (χ3n) is 3.31. The Hall–Kier alpha value is -0.160. The lowest BCUT2D eigenvalue weighted by Crippen LogP contribution is -2.69. The fourth-order valence-electron chi connectivity index (χ4n) is 1.38. The van der Waals surface area contributed by atoms with E-state index in [0.717, 1.165) is 0 Å². The summed E-state index contributed by atoms with van der Waals surface area (Å²) in [6.07, 6.45) is 0. The normalized spacial score (nSPS) is 30.5. The summed E-state index contributed by atoms with van der Waals surface area (Å²) in [5.74, 6) is 0.